The number of hydrogen-bond donors (Lipinski definition) is 1. The van der Waals surface area contributed by atoms with E-state index in [0.717, 1.165) is 74.6 Å². The minimum Gasteiger partial charge on any atom is -0.454 e. The molecule has 0 saturated carbocycles. The predicted molar refractivity (Wildman–Crippen MR) is 305 cm³/mol. The predicted octanol–water partition coefficient (Wildman–Crippen LogP) is 17.4. The maximum Gasteiger partial charge on any atom is 0.211 e. The first-order chi connectivity index (χ1) is 34.1. The van der Waals surface area contributed by atoms with Crippen LogP contribution in [0.4, 0.5) is 28.4 Å². The van der Waals surface area contributed by atoms with Crippen molar-refractivity contribution < 1.29 is 8.83 Å². The van der Waals surface area contributed by atoms with E-state index in [1.165, 1.54) is 101 Å². The molecule has 3 aliphatic rings. The van der Waals surface area contributed by atoms with Crippen molar-refractivity contribution in [2.45, 2.75) is 110 Å². The molecule has 0 radical (unpaired) electrons. The lowest BCUT2D eigenvalue weighted by Gasteiger charge is -2.43. The zero-order chi connectivity index (χ0) is 48.5. The highest BCUT2D eigenvalue weighted by atomic mass is 32.1. The van der Waals surface area contributed by atoms with Gasteiger partial charge in [-0.25, -0.2) is 0 Å². The van der Waals surface area contributed by atoms with Gasteiger partial charge in [0.1, 0.15) is 11.2 Å². The Labute approximate surface area is 420 Å². The average Bonchev–Trinajstić information content (AvgIpc) is 4.05. The van der Waals surface area contributed by atoms with E-state index in [1.807, 2.05) is 17.4 Å². The molecule has 1 N–H and O–H groups in total. The van der Waals surface area contributed by atoms with Crippen LogP contribution in [0.15, 0.2) is 142 Å². The van der Waals surface area contributed by atoms with Crippen molar-refractivity contribution in [3.8, 4) is 11.1 Å². The van der Waals surface area contributed by atoms with E-state index in [1.54, 1.807) is 0 Å². The Morgan fingerprint density at radius 3 is 1.79 bits per heavy atom. The number of hydrogen-bond acceptors (Lipinski definition) is 5. The van der Waals surface area contributed by atoms with Crippen molar-refractivity contribution in [1.29, 1.82) is 0 Å². The first-order valence-electron chi connectivity index (χ1n) is 25.8. The average molecular weight is 943 g/mol. The second-order valence-electron chi connectivity index (χ2n) is 23.8. The quantitative estimate of drug-likeness (QED) is 0.179. The molecule has 0 bridgehead atoms. The molecule has 0 spiro atoms. The van der Waals surface area contributed by atoms with Gasteiger partial charge in [0.2, 0.25) is 7.28 Å². The maximum absolute atomic E-state index is 7.30. The molecule has 350 valence electrons. The van der Waals surface area contributed by atoms with Gasteiger partial charge in [-0.3, -0.25) is 0 Å². The fourth-order valence-corrected chi connectivity index (χ4v) is 14.4. The van der Waals surface area contributed by atoms with Gasteiger partial charge < -0.3 is 19.1 Å². The number of thiophene rings is 1. The molecular formula is C65H59BN2O2S. The van der Waals surface area contributed by atoms with E-state index in [4.69, 9.17) is 8.83 Å². The standard InChI is InChI=1S/C65H59BN2O2S/c1-36-31-45-47(64(6,7)29-27-62(45,2)3)34-51(36)68-57-43-33-46-48(65(8,9)30-28-63(46,4)5)35-54(43)71-61(57)66-56-44(32-42-40-20-13-15-24-53(40)70-60(42)58(56)68)55-38-18-11-10-17-37(38)25-26-49(55)67-50-22-16-21-41-39-19-12-14-23-52(39)69-59(41)50/h10-26,31-35,66-67H,27-30H2,1-9H3. The molecule has 0 amide bonds. The molecule has 4 nitrogen and oxygen atoms in total. The molecule has 0 unspecified atom stereocenters. The molecule has 4 heterocycles. The lowest BCUT2D eigenvalue weighted by atomic mass is 9.60. The number of aryl methyl sites for hydroxylation is 1. The van der Waals surface area contributed by atoms with Gasteiger partial charge in [0.05, 0.1) is 17.1 Å². The van der Waals surface area contributed by atoms with Crippen molar-refractivity contribution in [3.63, 3.8) is 0 Å². The van der Waals surface area contributed by atoms with E-state index in [-0.39, 0.29) is 21.7 Å². The summed E-state index contributed by atoms with van der Waals surface area (Å²) < 4.78 is 16.7. The van der Waals surface area contributed by atoms with E-state index in [0.29, 0.717) is 0 Å². The number of para-hydroxylation sites is 3. The molecule has 0 atom stereocenters. The lowest BCUT2D eigenvalue weighted by Crippen LogP contribution is -2.40. The summed E-state index contributed by atoms with van der Waals surface area (Å²) in [7, 11) is 0.768. The third kappa shape index (κ3) is 6.22. The van der Waals surface area contributed by atoms with Gasteiger partial charge in [-0.1, -0.05) is 140 Å². The number of nitrogens with one attached hydrogen (secondary N) is 1. The van der Waals surface area contributed by atoms with Crippen LogP contribution in [-0.2, 0) is 21.7 Å². The highest BCUT2D eigenvalue weighted by Gasteiger charge is 2.42. The lowest BCUT2D eigenvalue weighted by molar-refractivity contribution is 0.332. The Balaban J connectivity index is 1.11. The summed E-state index contributed by atoms with van der Waals surface area (Å²) in [5, 5.41) is 12.2. The fraction of sp³-hybridized carbons (Fsp3) is 0.262. The normalized spacial score (nSPS) is 17.4. The van der Waals surface area contributed by atoms with Crippen molar-refractivity contribution in [3.05, 3.63) is 161 Å². The first-order valence-corrected chi connectivity index (χ1v) is 26.6. The van der Waals surface area contributed by atoms with Crippen molar-refractivity contribution in [2.75, 3.05) is 10.2 Å². The van der Waals surface area contributed by atoms with Gasteiger partial charge in [-0.2, -0.15) is 0 Å². The smallest absolute Gasteiger partial charge is 0.211 e. The molecule has 14 rings (SSSR count). The van der Waals surface area contributed by atoms with Crippen LogP contribution in [0, 0.1) is 6.92 Å². The second kappa shape index (κ2) is 14.7. The molecule has 0 fully saturated rings. The summed E-state index contributed by atoms with van der Waals surface area (Å²) in [5.74, 6) is 0. The van der Waals surface area contributed by atoms with Crippen molar-refractivity contribution >= 4 is 122 Å². The third-order valence-corrected chi connectivity index (χ3v) is 18.7. The minimum absolute atomic E-state index is 0.0168. The zero-order valence-corrected chi connectivity index (χ0v) is 43.2. The molecule has 3 aromatic heterocycles. The summed E-state index contributed by atoms with van der Waals surface area (Å²) >= 11 is 2.00. The number of furan rings is 2. The third-order valence-electron chi connectivity index (χ3n) is 17.5. The number of anilines is 5. The van der Waals surface area contributed by atoms with E-state index in [9.17, 15) is 0 Å². The van der Waals surface area contributed by atoms with Crippen LogP contribution in [0.3, 0.4) is 0 Å². The van der Waals surface area contributed by atoms with Crippen molar-refractivity contribution in [2.24, 2.45) is 0 Å². The second-order valence-corrected chi connectivity index (χ2v) is 25.0. The van der Waals surface area contributed by atoms with Crippen LogP contribution in [-0.4, -0.2) is 7.28 Å². The van der Waals surface area contributed by atoms with Gasteiger partial charge in [-0.15, -0.1) is 11.3 Å². The van der Waals surface area contributed by atoms with Gasteiger partial charge >= 0.3 is 0 Å². The van der Waals surface area contributed by atoms with Crippen LogP contribution < -0.4 is 20.5 Å². The Hall–Kier alpha value is -6.76. The number of fused-ring (bicyclic) bond motifs is 14. The first kappa shape index (κ1) is 43.1. The summed E-state index contributed by atoms with van der Waals surface area (Å²) in [6.45, 7) is 22.0. The highest BCUT2D eigenvalue weighted by Crippen LogP contribution is 2.55. The highest BCUT2D eigenvalue weighted by molar-refractivity contribution is 7.29. The topological polar surface area (TPSA) is 41.5 Å². The Bertz CT molecular complexity index is 4100. The number of benzene rings is 8. The van der Waals surface area contributed by atoms with Gasteiger partial charge in [0.25, 0.3) is 0 Å². The zero-order valence-electron chi connectivity index (χ0n) is 42.4. The summed E-state index contributed by atoms with van der Waals surface area (Å²) in [4.78, 5) is 2.69. The molecule has 0 saturated heterocycles. The van der Waals surface area contributed by atoms with Crippen LogP contribution in [0.1, 0.15) is 109 Å². The molecule has 8 aromatic carbocycles. The van der Waals surface area contributed by atoms with Crippen LogP contribution in [0.5, 0.6) is 0 Å². The van der Waals surface area contributed by atoms with Crippen LogP contribution >= 0.6 is 11.3 Å². The van der Waals surface area contributed by atoms with E-state index >= 15 is 0 Å². The van der Waals surface area contributed by atoms with Crippen LogP contribution in [0.25, 0.3) is 75.9 Å². The number of nitrogens with zero attached hydrogens (tertiary/aromatic N) is 1. The van der Waals surface area contributed by atoms with E-state index in [2.05, 4.69) is 200 Å². The Kier molecular flexibility index (Phi) is 8.90. The maximum atomic E-state index is 7.30. The Morgan fingerprint density at radius 2 is 1.08 bits per heavy atom. The van der Waals surface area contributed by atoms with E-state index < -0.39 is 0 Å². The molecule has 1 aliphatic heterocycles. The fourth-order valence-electron chi connectivity index (χ4n) is 13.2. The molecular weight excluding hydrogens is 884 g/mol. The minimum atomic E-state index is 0.0168. The SMILES string of the molecule is Cc1cc2c(cc1N1c3c(sc4cc5c(cc34)C(C)(C)CCC5(C)C)Bc3c(-c4c(Nc5cccc6c5oc5ccccc56)ccc5ccccc45)cc4c(oc5ccccc54)c31)C(C)(C)CCC2(C)C. The monoisotopic (exact) mass is 942 g/mol. The van der Waals surface area contributed by atoms with Gasteiger partial charge in [0.15, 0.2) is 11.2 Å². The molecule has 71 heavy (non-hydrogen) atoms. The Morgan fingerprint density at radius 1 is 0.507 bits per heavy atom. The van der Waals surface area contributed by atoms with Crippen molar-refractivity contribution in [1.82, 2.24) is 0 Å². The molecule has 6 heteroatoms. The largest absolute Gasteiger partial charge is 0.454 e. The van der Waals surface area contributed by atoms with Crippen LogP contribution in [0.2, 0.25) is 0 Å². The summed E-state index contributed by atoms with van der Waals surface area (Å²) in [6.07, 6.45) is 4.67. The number of rotatable bonds is 4. The van der Waals surface area contributed by atoms with Gasteiger partial charge in [-0.05, 0) is 157 Å². The summed E-state index contributed by atoms with van der Waals surface area (Å²) in [5.41, 5.74) is 20.4. The summed E-state index contributed by atoms with van der Waals surface area (Å²) in [6, 6.07) is 49.7. The molecule has 2 aliphatic carbocycles. The van der Waals surface area contributed by atoms with Gasteiger partial charge in [0, 0.05) is 48.6 Å². The molecule has 11 aromatic rings.